The van der Waals surface area contributed by atoms with E-state index in [0.29, 0.717) is 5.75 Å². The highest BCUT2D eigenvalue weighted by atomic mass is 32.3. The molecule has 63 heavy (non-hydrogen) atoms. The summed E-state index contributed by atoms with van der Waals surface area (Å²) in [6, 6.07) is 0. The molecule has 9 atom stereocenters. The highest BCUT2D eigenvalue weighted by Gasteiger charge is 2.51. The van der Waals surface area contributed by atoms with E-state index in [1.54, 1.807) is 6.92 Å². The molecule has 0 aromatic heterocycles. The first kappa shape index (κ1) is 56.9. The Morgan fingerprint density at radius 2 is 1.00 bits per heavy atom. The summed E-state index contributed by atoms with van der Waals surface area (Å²) in [7, 11) is -26.4. The smallest absolute Gasteiger partial charge is 0.380 e. The number of hydrogen-bond acceptors (Lipinski definition) is 24. The summed E-state index contributed by atoms with van der Waals surface area (Å²) in [5.74, 6) is -5.84. The topological polar surface area (TPSA) is 462 Å². The maximum atomic E-state index is 12.6. The standard InChI is InChI=1S/C25H44N4O27S7/c1-3-14-8-19(52-59(34,35)36)50-23(21(14)54-61(40,41)42)28-15(30)9-26-17(32)11-57-6-4-49-5-7-58-12-18(33)27-10-16(31)29-24-22(55-62(43,44)45)20(53-60(37,38)39)13(2)25(51-24)56-63(46,47)48/h13-14,19-25H,3-12H2,1-2H3,(H,26,32)(H,27,33)(H,28,30)(H,29,31)(H,34,35,36)(H,37,38,39)(H,40,41,42)(H,43,44,45)(H,46,47,48)/t13?,14?,19?,20-,21-,22?,23+,24-,25?/m1/s1. The van der Waals surface area contributed by atoms with Crippen LogP contribution in [0.15, 0.2) is 0 Å². The molecule has 0 saturated carbocycles. The number of carbonyl (C=O) groups is 4. The lowest BCUT2D eigenvalue weighted by Gasteiger charge is -2.42. The molecule has 2 heterocycles. The predicted molar refractivity (Wildman–Crippen MR) is 207 cm³/mol. The van der Waals surface area contributed by atoms with E-state index in [1.165, 1.54) is 0 Å². The average molecular weight is 1060 g/mol. The molecule has 2 saturated heterocycles. The molecule has 0 bridgehead atoms. The highest BCUT2D eigenvalue weighted by molar-refractivity contribution is 8.00. The summed E-state index contributed by atoms with van der Waals surface area (Å²) in [6.45, 7) is 1.25. The second-order valence-electron chi connectivity index (χ2n) is 12.6. The van der Waals surface area contributed by atoms with Crippen LogP contribution in [0.2, 0.25) is 0 Å². The first-order valence-electron chi connectivity index (χ1n) is 17.3. The minimum absolute atomic E-state index is 0.123. The molecule has 0 aromatic carbocycles. The second kappa shape index (κ2) is 25.1. The van der Waals surface area contributed by atoms with Crippen LogP contribution in [0.1, 0.15) is 26.7 Å². The highest BCUT2D eigenvalue weighted by Crippen LogP contribution is 2.33. The summed E-state index contributed by atoms with van der Waals surface area (Å²) in [6.07, 6.45) is -14.1. The van der Waals surface area contributed by atoms with E-state index in [2.05, 4.69) is 36.9 Å². The van der Waals surface area contributed by atoms with Crippen molar-refractivity contribution in [3.8, 4) is 0 Å². The molecule has 368 valence electrons. The molecule has 2 aliphatic heterocycles. The minimum atomic E-state index is -5.48. The minimum Gasteiger partial charge on any atom is -0.380 e. The van der Waals surface area contributed by atoms with Crippen LogP contribution >= 0.6 is 23.5 Å². The van der Waals surface area contributed by atoms with Crippen molar-refractivity contribution >= 4 is 99.1 Å². The summed E-state index contributed by atoms with van der Waals surface area (Å²) in [4.78, 5) is 49.5. The van der Waals surface area contributed by atoms with E-state index in [0.717, 1.165) is 30.4 Å². The van der Waals surface area contributed by atoms with Crippen molar-refractivity contribution in [2.75, 3.05) is 49.3 Å². The molecule has 0 spiro atoms. The van der Waals surface area contributed by atoms with Gasteiger partial charge in [0.15, 0.2) is 31.1 Å². The van der Waals surface area contributed by atoms with E-state index in [1.807, 2.05) is 5.32 Å². The van der Waals surface area contributed by atoms with E-state index in [9.17, 15) is 70.4 Å². The third kappa shape index (κ3) is 24.2. The lowest BCUT2D eigenvalue weighted by molar-refractivity contribution is -0.246. The van der Waals surface area contributed by atoms with Gasteiger partial charge in [0.2, 0.25) is 23.6 Å². The molecular weight excluding hydrogens is 1010 g/mol. The van der Waals surface area contributed by atoms with Gasteiger partial charge in [-0.25, -0.2) is 20.9 Å². The summed E-state index contributed by atoms with van der Waals surface area (Å²) in [5, 5.41) is 8.59. The van der Waals surface area contributed by atoms with Gasteiger partial charge < -0.3 is 35.5 Å². The van der Waals surface area contributed by atoms with Crippen molar-refractivity contribution in [2.45, 2.75) is 70.0 Å². The van der Waals surface area contributed by atoms with E-state index >= 15 is 0 Å². The molecule has 2 rings (SSSR count). The Kier molecular flexibility index (Phi) is 22.7. The van der Waals surface area contributed by atoms with Gasteiger partial charge in [-0.2, -0.15) is 42.1 Å². The zero-order valence-corrected chi connectivity index (χ0v) is 38.1. The first-order chi connectivity index (χ1) is 28.8. The number of carbonyl (C=O) groups excluding carboxylic acids is 4. The Labute approximate surface area is 369 Å². The Balaban J connectivity index is 1.73. The fourth-order valence-electron chi connectivity index (χ4n) is 5.30. The monoisotopic (exact) mass is 1060 g/mol. The molecule has 2 fully saturated rings. The fourth-order valence-corrected chi connectivity index (χ4v) is 9.09. The predicted octanol–water partition coefficient (Wildman–Crippen LogP) is -4.45. The van der Waals surface area contributed by atoms with Gasteiger partial charge in [0.1, 0.15) is 12.2 Å². The SMILES string of the molecule is CCC1CC(OS(=O)(=O)O)O[C@H](NC(=O)CNC(=O)CSCCOCCSCC(=O)NCC(=O)N[C@@H]2OC(OS(=O)(=O)O)C(C)[C@@H](OS(=O)(=O)O)C2OS(=O)(=O)O)[C@@H]1OS(=O)(=O)O. The average Bonchev–Trinajstić information content (AvgIpc) is 3.10. The molecule has 31 nitrogen and oxygen atoms in total. The number of ether oxygens (including phenoxy) is 3. The largest absolute Gasteiger partial charge is 0.399 e. The third-order valence-electron chi connectivity index (χ3n) is 7.78. The van der Waals surface area contributed by atoms with Gasteiger partial charge in [-0.05, 0) is 5.92 Å². The first-order valence-corrected chi connectivity index (χ1v) is 26.4. The van der Waals surface area contributed by atoms with E-state index < -0.39 is 144 Å². The fraction of sp³-hybridized carbons (Fsp3) is 0.840. The maximum Gasteiger partial charge on any atom is 0.399 e. The van der Waals surface area contributed by atoms with Crippen LogP contribution in [0.4, 0.5) is 0 Å². The van der Waals surface area contributed by atoms with Gasteiger partial charge in [-0.1, -0.05) is 20.3 Å². The quantitative estimate of drug-likeness (QED) is 0.0277. The van der Waals surface area contributed by atoms with Gasteiger partial charge >= 0.3 is 52.0 Å². The van der Waals surface area contributed by atoms with Gasteiger partial charge in [-0.3, -0.25) is 41.9 Å². The van der Waals surface area contributed by atoms with Gasteiger partial charge in [0, 0.05) is 23.8 Å². The summed E-state index contributed by atoms with van der Waals surface area (Å²) in [5.41, 5.74) is 0. The van der Waals surface area contributed by atoms with Gasteiger partial charge in [-0.15, -0.1) is 23.5 Å². The molecule has 38 heteroatoms. The Morgan fingerprint density at radius 1 is 0.587 bits per heavy atom. The van der Waals surface area contributed by atoms with Gasteiger partial charge in [0.25, 0.3) is 0 Å². The number of thioether (sulfide) groups is 2. The summed E-state index contributed by atoms with van der Waals surface area (Å²) >= 11 is 2.15. The van der Waals surface area contributed by atoms with Gasteiger partial charge in [0.05, 0.1) is 37.8 Å². The van der Waals surface area contributed by atoms with Crippen LogP contribution in [-0.2, 0) is 106 Å². The molecule has 0 radical (unpaired) electrons. The van der Waals surface area contributed by atoms with E-state index in [-0.39, 0.29) is 43.3 Å². The zero-order chi connectivity index (χ0) is 48.0. The Bertz CT molecular complexity index is 2130. The molecule has 0 aliphatic carbocycles. The van der Waals surface area contributed by atoms with Crippen LogP contribution in [0.3, 0.4) is 0 Å². The number of hydrogen-bond donors (Lipinski definition) is 9. The van der Waals surface area contributed by atoms with Crippen LogP contribution < -0.4 is 21.3 Å². The number of amides is 4. The summed E-state index contributed by atoms with van der Waals surface area (Å²) < 4.78 is 197. The molecule has 4 amide bonds. The van der Waals surface area contributed by atoms with Crippen molar-refractivity contribution in [2.24, 2.45) is 11.8 Å². The number of rotatable bonds is 27. The third-order valence-corrected chi connectivity index (χ3v) is 11.9. The molecule has 9 N–H and O–H groups in total. The van der Waals surface area contributed by atoms with Crippen molar-refractivity contribution in [3.63, 3.8) is 0 Å². The van der Waals surface area contributed by atoms with Crippen LogP contribution in [0.25, 0.3) is 0 Å². The second-order valence-corrected chi connectivity index (χ2v) is 20.0. The molecule has 2 aliphatic rings. The normalized spacial score (nSPS) is 26.0. The van der Waals surface area contributed by atoms with Crippen LogP contribution in [-0.4, -0.2) is 181 Å². The molecule has 5 unspecified atom stereocenters. The van der Waals surface area contributed by atoms with Crippen molar-refractivity contribution in [3.05, 3.63) is 0 Å². The van der Waals surface area contributed by atoms with Crippen molar-refractivity contribution < 1.29 is 119 Å². The van der Waals surface area contributed by atoms with E-state index in [4.69, 9.17) is 27.9 Å². The molecular formula is C25H44N4O27S7. The van der Waals surface area contributed by atoms with Crippen molar-refractivity contribution in [1.82, 2.24) is 21.3 Å². The lowest BCUT2D eigenvalue weighted by atomic mass is 9.92. The lowest BCUT2D eigenvalue weighted by Crippen LogP contribution is -2.63. The van der Waals surface area contributed by atoms with Crippen LogP contribution in [0, 0.1) is 11.8 Å². The Hall–Kier alpha value is -2.19. The van der Waals surface area contributed by atoms with Crippen LogP contribution in [0.5, 0.6) is 0 Å². The maximum absolute atomic E-state index is 12.6. The molecule has 0 aromatic rings. The van der Waals surface area contributed by atoms with Crippen molar-refractivity contribution in [1.29, 1.82) is 0 Å². The number of nitrogens with one attached hydrogen (secondary N) is 4. The Morgan fingerprint density at radius 3 is 1.43 bits per heavy atom. The zero-order valence-electron chi connectivity index (χ0n) is 32.3.